The maximum Gasteiger partial charge on any atom is 0.305 e. The number of carbonyl (C=O) groups is 2. The van der Waals surface area contributed by atoms with E-state index in [1.54, 1.807) is 26.0 Å². The first-order chi connectivity index (χ1) is 21.0. The minimum Gasteiger partial charge on any atom is -0.481 e. The van der Waals surface area contributed by atoms with E-state index in [1.165, 1.54) is 12.1 Å². The molecule has 2 N–H and O–H groups in total. The number of hydrogen-bond donors (Lipinski definition) is 2. The van der Waals surface area contributed by atoms with Gasteiger partial charge >= 0.3 is 5.97 Å². The monoisotopic (exact) mass is 598 g/mol. The third-order valence-corrected chi connectivity index (χ3v) is 7.79. The highest BCUT2D eigenvalue weighted by Crippen LogP contribution is 2.43. The van der Waals surface area contributed by atoms with Gasteiger partial charge in [-0.05, 0) is 73.7 Å². The maximum atomic E-state index is 14.2. The Kier molecular flexibility index (Phi) is 9.32. The van der Waals surface area contributed by atoms with Crippen LogP contribution in [0.15, 0.2) is 84.9 Å². The zero-order valence-corrected chi connectivity index (χ0v) is 25.5. The third kappa shape index (κ3) is 7.09. The second-order valence-corrected chi connectivity index (χ2v) is 12.0. The second-order valence-electron chi connectivity index (χ2n) is 12.0. The molecule has 3 aromatic carbocycles. The summed E-state index contributed by atoms with van der Waals surface area (Å²) in [6, 6.07) is 25.5. The fourth-order valence-electron chi connectivity index (χ4n) is 6.20. The third-order valence-electron chi connectivity index (χ3n) is 7.79. The zero-order chi connectivity index (χ0) is 31.4. The number of anilines is 1. The molecule has 1 aromatic heterocycles. The topological polar surface area (TPSA) is 89.8 Å². The van der Waals surface area contributed by atoms with Crippen molar-refractivity contribution in [1.82, 2.24) is 4.57 Å². The molecule has 0 saturated carbocycles. The van der Waals surface area contributed by atoms with Gasteiger partial charge in [0, 0.05) is 29.9 Å². The number of para-hydroxylation sites is 1. The standard InChI is InChI=1S/C36H39FN2O5/c1-23(2)33-32(35(42)38-27-13-9-6-10-14-27)31(24-11-7-5-8-12-24)34(25-15-17-26(37)18-16-25)39(33)20-19-28-21-29(22-30(40)41)44-36(3,4)43-28/h5-18,23,28-29H,19-22H2,1-4H3,(H,38,42)(H,40,41). The van der Waals surface area contributed by atoms with Gasteiger partial charge in [-0.25, -0.2) is 4.39 Å². The lowest BCUT2D eigenvalue weighted by atomic mass is 9.94. The molecule has 4 aromatic rings. The van der Waals surface area contributed by atoms with Crippen LogP contribution in [0, 0.1) is 5.82 Å². The van der Waals surface area contributed by atoms with E-state index in [0.717, 1.165) is 28.1 Å². The Morgan fingerprint density at radius 2 is 1.55 bits per heavy atom. The molecule has 1 aliphatic rings. The van der Waals surface area contributed by atoms with E-state index in [2.05, 4.69) is 23.7 Å². The molecular formula is C36H39FN2O5. The van der Waals surface area contributed by atoms with Crippen molar-refractivity contribution in [3.05, 3.63) is 102 Å². The number of ether oxygens (including phenoxy) is 2. The van der Waals surface area contributed by atoms with Crippen LogP contribution in [-0.4, -0.2) is 39.5 Å². The van der Waals surface area contributed by atoms with Crippen LogP contribution < -0.4 is 5.32 Å². The number of halogens is 1. The molecular weight excluding hydrogens is 559 g/mol. The highest BCUT2D eigenvalue weighted by molar-refractivity contribution is 6.12. The van der Waals surface area contributed by atoms with Crippen LogP contribution in [-0.2, 0) is 20.8 Å². The van der Waals surface area contributed by atoms with Crippen LogP contribution in [0.3, 0.4) is 0 Å². The Morgan fingerprint density at radius 1 is 0.932 bits per heavy atom. The van der Waals surface area contributed by atoms with Crippen LogP contribution in [0.25, 0.3) is 22.4 Å². The molecule has 0 radical (unpaired) electrons. The molecule has 2 atom stereocenters. The van der Waals surface area contributed by atoms with E-state index < -0.39 is 17.9 Å². The Morgan fingerprint density at radius 3 is 2.16 bits per heavy atom. The quantitative estimate of drug-likeness (QED) is 0.192. The summed E-state index contributed by atoms with van der Waals surface area (Å²) in [4.78, 5) is 25.7. The van der Waals surface area contributed by atoms with Gasteiger partial charge in [-0.15, -0.1) is 0 Å². The summed E-state index contributed by atoms with van der Waals surface area (Å²) in [6.07, 6.45) is 0.145. The highest BCUT2D eigenvalue weighted by atomic mass is 19.1. The van der Waals surface area contributed by atoms with E-state index >= 15 is 0 Å². The summed E-state index contributed by atoms with van der Waals surface area (Å²) in [5, 5.41) is 12.5. The van der Waals surface area contributed by atoms with Crippen LogP contribution in [0.5, 0.6) is 0 Å². The Labute approximate surface area is 257 Å². The predicted octanol–water partition coefficient (Wildman–Crippen LogP) is 8.11. The number of carboxylic acids is 1. The van der Waals surface area contributed by atoms with Gasteiger partial charge in [0.25, 0.3) is 5.91 Å². The van der Waals surface area contributed by atoms with Crippen molar-refractivity contribution in [3.8, 4) is 22.4 Å². The summed E-state index contributed by atoms with van der Waals surface area (Å²) in [5.74, 6) is -2.47. The smallest absolute Gasteiger partial charge is 0.305 e. The summed E-state index contributed by atoms with van der Waals surface area (Å²) >= 11 is 0. The van der Waals surface area contributed by atoms with E-state index in [9.17, 15) is 19.1 Å². The van der Waals surface area contributed by atoms with Gasteiger partial charge in [-0.3, -0.25) is 9.59 Å². The number of carboxylic acid groups (broad SMARTS) is 1. The number of carbonyl (C=O) groups excluding carboxylic acids is 1. The number of aromatic nitrogens is 1. The van der Waals surface area contributed by atoms with Crippen molar-refractivity contribution in [2.45, 2.75) is 77.4 Å². The first kappa shape index (κ1) is 31.2. The fraction of sp³-hybridized carbons (Fsp3) is 0.333. The van der Waals surface area contributed by atoms with Crippen molar-refractivity contribution in [1.29, 1.82) is 0 Å². The van der Waals surface area contributed by atoms with Gasteiger partial charge in [0.15, 0.2) is 5.79 Å². The average molecular weight is 599 g/mol. The van der Waals surface area contributed by atoms with Crippen LogP contribution in [0.2, 0.25) is 0 Å². The molecule has 230 valence electrons. The van der Waals surface area contributed by atoms with E-state index in [-0.39, 0.29) is 30.2 Å². The molecule has 5 rings (SSSR count). The Balaban J connectivity index is 1.66. The molecule has 2 heterocycles. The minimum atomic E-state index is -0.934. The second kappa shape index (κ2) is 13.2. The van der Waals surface area contributed by atoms with Gasteiger partial charge in [-0.1, -0.05) is 62.4 Å². The summed E-state index contributed by atoms with van der Waals surface area (Å²) in [6.45, 7) is 8.20. The molecule has 7 nitrogen and oxygen atoms in total. The largest absolute Gasteiger partial charge is 0.481 e. The van der Waals surface area contributed by atoms with E-state index in [0.29, 0.717) is 30.6 Å². The molecule has 1 aliphatic heterocycles. The molecule has 1 fully saturated rings. The molecule has 0 spiro atoms. The Hall–Kier alpha value is -4.27. The number of rotatable bonds is 10. The maximum absolute atomic E-state index is 14.2. The lowest BCUT2D eigenvalue weighted by Gasteiger charge is -2.40. The number of nitrogens with one attached hydrogen (secondary N) is 1. The van der Waals surface area contributed by atoms with Crippen LogP contribution >= 0.6 is 0 Å². The predicted molar refractivity (Wildman–Crippen MR) is 169 cm³/mol. The summed E-state index contributed by atoms with van der Waals surface area (Å²) < 4.78 is 28.5. The van der Waals surface area contributed by atoms with Crippen molar-refractivity contribution in [2.75, 3.05) is 5.32 Å². The first-order valence-corrected chi connectivity index (χ1v) is 15.0. The zero-order valence-electron chi connectivity index (χ0n) is 25.5. The van der Waals surface area contributed by atoms with Crippen molar-refractivity contribution < 1.29 is 28.6 Å². The lowest BCUT2D eigenvalue weighted by Crippen LogP contribution is -2.45. The molecule has 1 amide bonds. The molecule has 1 saturated heterocycles. The lowest BCUT2D eigenvalue weighted by molar-refractivity contribution is -0.300. The molecule has 0 bridgehead atoms. The first-order valence-electron chi connectivity index (χ1n) is 15.0. The van der Waals surface area contributed by atoms with Gasteiger partial charge in [0.2, 0.25) is 0 Å². The number of aliphatic carboxylic acids is 1. The van der Waals surface area contributed by atoms with Crippen molar-refractivity contribution in [3.63, 3.8) is 0 Å². The average Bonchev–Trinajstić information content (AvgIpc) is 3.32. The fourth-order valence-corrected chi connectivity index (χ4v) is 6.20. The van der Waals surface area contributed by atoms with Crippen LogP contribution in [0.4, 0.5) is 10.1 Å². The Bertz CT molecular complexity index is 1600. The molecule has 8 heteroatoms. The highest BCUT2D eigenvalue weighted by Gasteiger charge is 2.37. The van der Waals surface area contributed by atoms with Gasteiger partial charge in [-0.2, -0.15) is 0 Å². The van der Waals surface area contributed by atoms with Crippen molar-refractivity contribution >= 4 is 17.6 Å². The summed E-state index contributed by atoms with van der Waals surface area (Å²) in [7, 11) is 0. The molecule has 2 unspecified atom stereocenters. The molecule has 44 heavy (non-hydrogen) atoms. The van der Waals surface area contributed by atoms with Crippen LogP contribution in [0.1, 0.15) is 68.9 Å². The SMILES string of the molecule is CC(C)c1c(C(=O)Nc2ccccc2)c(-c2ccccc2)c(-c2ccc(F)cc2)n1CCC1CC(CC(=O)O)OC(C)(C)O1. The normalized spacial score (nSPS) is 17.9. The number of nitrogens with zero attached hydrogens (tertiary/aromatic N) is 1. The van der Waals surface area contributed by atoms with Crippen molar-refractivity contribution in [2.24, 2.45) is 0 Å². The minimum absolute atomic E-state index is 0.0463. The van der Waals surface area contributed by atoms with Gasteiger partial charge in [0.1, 0.15) is 5.82 Å². The van der Waals surface area contributed by atoms with E-state index in [1.807, 2.05) is 60.7 Å². The van der Waals surface area contributed by atoms with E-state index in [4.69, 9.17) is 9.47 Å². The molecule has 0 aliphatic carbocycles. The number of benzene rings is 3. The van der Waals surface area contributed by atoms with Gasteiger partial charge < -0.3 is 24.5 Å². The summed E-state index contributed by atoms with van der Waals surface area (Å²) in [5.41, 5.74) is 5.33. The van der Waals surface area contributed by atoms with Gasteiger partial charge in [0.05, 0.1) is 29.9 Å². The number of amides is 1. The number of hydrogen-bond acceptors (Lipinski definition) is 4.